The summed E-state index contributed by atoms with van der Waals surface area (Å²) in [6.07, 6.45) is -1.88. The van der Waals surface area contributed by atoms with Gasteiger partial charge in [0.15, 0.2) is 0 Å². The van der Waals surface area contributed by atoms with Crippen molar-refractivity contribution in [3.05, 3.63) is 31.8 Å². The Morgan fingerprint density at radius 2 is 2.10 bits per heavy atom. The second-order valence-electron chi connectivity index (χ2n) is 5.34. The van der Waals surface area contributed by atoms with Crippen LogP contribution in [-0.4, -0.2) is 15.6 Å². The van der Waals surface area contributed by atoms with Gasteiger partial charge in [0.2, 0.25) is 0 Å². The Kier molecular flexibility index (Phi) is 3.04. The van der Waals surface area contributed by atoms with Gasteiger partial charge in [0, 0.05) is 6.04 Å². The molecule has 20 heavy (non-hydrogen) atoms. The molecular formula is C13H14F2N2O2S. The van der Waals surface area contributed by atoms with Gasteiger partial charge in [0.25, 0.3) is 12.0 Å². The minimum atomic E-state index is -2.62. The van der Waals surface area contributed by atoms with Crippen molar-refractivity contribution < 1.29 is 8.78 Å². The van der Waals surface area contributed by atoms with Crippen LogP contribution in [0, 0.1) is 12.8 Å². The lowest BCUT2D eigenvalue weighted by Crippen LogP contribution is -2.40. The molecule has 0 unspecified atom stereocenters. The molecule has 0 radical (unpaired) electrons. The zero-order valence-electron chi connectivity index (χ0n) is 11.1. The molecule has 108 valence electrons. The van der Waals surface area contributed by atoms with E-state index in [4.69, 9.17) is 0 Å². The highest BCUT2D eigenvalue weighted by atomic mass is 32.1. The summed E-state index contributed by atoms with van der Waals surface area (Å²) < 4.78 is 27.6. The Labute approximate surface area is 117 Å². The monoisotopic (exact) mass is 300 g/mol. The minimum Gasteiger partial charge on any atom is -0.279 e. The van der Waals surface area contributed by atoms with Crippen LogP contribution in [0.4, 0.5) is 8.78 Å². The van der Waals surface area contributed by atoms with Crippen LogP contribution < -0.4 is 11.2 Å². The van der Waals surface area contributed by atoms with E-state index in [1.807, 2.05) is 6.92 Å². The molecule has 1 aliphatic carbocycles. The van der Waals surface area contributed by atoms with Crippen molar-refractivity contribution in [1.82, 2.24) is 9.13 Å². The smallest absolute Gasteiger partial charge is 0.279 e. The van der Waals surface area contributed by atoms with Crippen molar-refractivity contribution in [3.8, 4) is 0 Å². The number of hydrogen-bond acceptors (Lipinski definition) is 3. The number of nitrogens with zero attached hydrogens (tertiary/aromatic N) is 2. The third kappa shape index (κ3) is 1.91. The van der Waals surface area contributed by atoms with Gasteiger partial charge in [-0.15, -0.1) is 11.3 Å². The third-order valence-corrected chi connectivity index (χ3v) is 4.91. The molecule has 7 heteroatoms. The molecule has 3 rings (SSSR count). The fraction of sp³-hybridized carbons (Fsp3) is 0.538. The molecule has 1 fully saturated rings. The molecule has 0 aromatic carbocycles. The topological polar surface area (TPSA) is 44.0 Å². The van der Waals surface area contributed by atoms with Crippen molar-refractivity contribution >= 4 is 21.6 Å². The van der Waals surface area contributed by atoms with E-state index >= 15 is 0 Å². The molecule has 2 aromatic rings. The normalized spacial score (nSPS) is 21.9. The van der Waals surface area contributed by atoms with Crippen LogP contribution in [0.5, 0.6) is 0 Å². The Bertz CT molecular complexity index is 790. The molecular weight excluding hydrogens is 286 g/mol. The number of aryl methyl sites for hydroxylation is 1. The van der Waals surface area contributed by atoms with Crippen LogP contribution in [0.3, 0.4) is 0 Å². The summed E-state index contributed by atoms with van der Waals surface area (Å²) >= 11 is 1.17. The maximum absolute atomic E-state index is 12.7. The van der Waals surface area contributed by atoms with Gasteiger partial charge in [-0.2, -0.15) is 0 Å². The molecule has 0 saturated heterocycles. The Hall–Kier alpha value is -1.50. The van der Waals surface area contributed by atoms with Gasteiger partial charge < -0.3 is 0 Å². The summed E-state index contributed by atoms with van der Waals surface area (Å²) in [5.74, 6) is 0.247. The fourth-order valence-electron chi connectivity index (χ4n) is 2.57. The van der Waals surface area contributed by atoms with Crippen molar-refractivity contribution in [3.63, 3.8) is 0 Å². The number of hydrogen-bond donors (Lipinski definition) is 0. The molecule has 1 aliphatic rings. The van der Waals surface area contributed by atoms with Gasteiger partial charge in [0.05, 0.1) is 11.9 Å². The number of halogens is 2. The molecule has 2 heterocycles. The minimum absolute atomic E-state index is 0.150. The van der Waals surface area contributed by atoms with E-state index in [1.165, 1.54) is 11.3 Å². The molecule has 0 spiro atoms. The van der Waals surface area contributed by atoms with Crippen molar-refractivity contribution in [2.75, 3.05) is 0 Å². The van der Waals surface area contributed by atoms with Gasteiger partial charge in [-0.25, -0.2) is 13.6 Å². The van der Waals surface area contributed by atoms with E-state index in [0.717, 1.165) is 21.1 Å². The first-order chi connectivity index (χ1) is 9.41. The van der Waals surface area contributed by atoms with Gasteiger partial charge in [-0.05, 0) is 30.2 Å². The summed E-state index contributed by atoms with van der Waals surface area (Å²) in [5.41, 5.74) is -0.220. The zero-order chi connectivity index (χ0) is 14.6. The molecule has 0 N–H and O–H groups in total. The highest BCUT2D eigenvalue weighted by Gasteiger charge is 2.38. The van der Waals surface area contributed by atoms with Crippen LogP contribution in [0.2, 0.25) is 0 Å². The van der Waals surface area contributed by atoms with Crippen molar-refractivity contribution in [1.29, 1.82) is 0 Å². The first-order valence-corrected chi connectivity index (χ1v) is 7.31. The number of rotatable bonds is 3. The van der Waals surface area contributed by atoms with Crippen LogP contribution in [0.25, 0.3) is 10.2 Å². The highest BCUT2D eigenvalue weighted by Crippen LogP contribution is 2.41. The van der Waals surface area contributed by atoms with E-state index in [9.17, 15) is 18.4 Å². The summed E-state index contributed by atoms with van der Waals surface area (Å²) in [4.78, 5) is 25.2. The Morgan fingerprint density at radius 3 is 2.65 bits per heavy atom. The Morgan fingerprint density at radius 1 is 1.45 bits per heavy atom. The van der Waals surface area contributed by atoms with Crippen LogP contribution in [-0.2, 0) is 6.54 Å². The number of aromatic nitrogens is 2. The quantitative estimate of drug-likeness (QED) is 0.873. The number of alkyl halides is 2. The number of thiophene rings is 1. The van der Waals surface area contributed by atoms with Crippen molar-refractivity contribution in [2.24, 2.45) is 5.92 Å². The maximum Gasteiger partial charge on any atom is 0.332 e. The lowest BCUT2D eigenvalue weighted by atomic mass is 10.2. The Balaban J connectivity index is 2.36. The van der Waals surface area contributed by atoms with E-state index in [-0.39, 0.29) is 17.5 Å². The second-order valence-corrected chi connectivity index (χ2v) is 6.20. The molecule has 4 nitrogen and oxygen atoms in total. The lowest BCUT2D eigenvalue weighted by molar-refractivity contribution is 0.126. The SMILES string of the molecule is Cc1csc2c1c(=O)n([C@H]1C[C@@H]1C)c(=O)n2CC(F)F. The second kappa shape index (κ2) is 4.51. The average Bonchev–Trinajstić information content (AvgIpc) is 2.93. The largest absolute Gasteiger partial charge is 0.332 e. The number of fused-ring (bicyclic) bond motifs is 1. The van der Waals surface area contributed by atoms with Crippen LogP contribution >= 0.6 is 11.3 Å². The van der Waals surface area contributed by atoms with Gasteiger partial charge >= 0.3 is 5.69 Å². The van der Waals surface area contributed by atoms with Gasteiger partial charge in [0.1, 0.15) is 4.83 Å². The third-order valence-electron chi connectivity index (χ3n) is 3.79. The summed E-state index contributed by atoms with van der Waals surface area (Å²) in [6, 6.07) is -0.150. The predicted molar refractivity (Wildman–Crippen MR) is 73.9 cm³/mol. The average molecular weight is 300 g/mol. The fourth-order valence-corrected chi connectivity index (χ4v) is 3.62. The standard InChI is InChI=1S/C13H14F2N2O2S/c1-6-3-8(6)17-11(18)10-7(2)5-20-12(10)16(13(17)19)4-9(14)15/h5-6,8-9H,3-4H2,1-2H3/t6-,8-/m0/s1. The summed E-state index contributed by atoms with van der Waals surface area (Å²) in [7, 11) is 0. The first-order valence-electron chi connectivity index (χ1n) is 6.43. The first kappa shape index (κ1) is 13.5. The van der Waals surface area contributed by atoms with E-state index in [1.54, 1.807) is 12.3 Å². The lowest BCUT2D eigenvalue weighted by Gasteiger charge is -2.11. The van der Waals surface area contributed by atoms with E-state index in [2.05, 4.69) is 0 Å². The molecule has 1 saturated carbocycles. The van der Waals surface area contributed by atoms with Gasteiger partial charge in [-0.1, -0.05) is 6.92 Å². The van der Waals surface area contributed by atoms with Gasteiger partial charge in [-0.3, -0.25) is 13.9 Å². The zero-order valence-corrected chi connectivity index (χ0v) is 11.9. The highest BCUT2D eigenvalue weighted by molar-refractivity contribution is 7.17. The molecule has 0 aliphatic heterocycles. The molecule has 2 aromatic heterocycles. The maximum atomic E-state index is 12.7. The molecule has 2 atom stereocenters. The van der Waals surface area contributed by atoms with Crippen molar-refractivity contribution in [2.45, 2.75) is 39.3 Å². The van der Waals surface area contributed by atoms with Crippen LogP contribution in [0.1, 0.15) is 24.9 Å². The molecule has 0 amide bonds. The van der Waals surface area contributed by atoms with Crippen LogP contribution in [0.15, 0.2) is 15.0 Å². The summed E-state index contributed by atoms with van der Waals surface area (Å²) in [5, 5.41) is 2.13. The van der Waals surface area contributed by atoms with E-state index < -0.39 is 18.7 Å². The predicted octanol–water partition coefficient (Wildman–Crippen LogP) is 2.38. The van der Waals surface area contributed by atoms with E-state index in [0.29, 0.717) is 10.2 Å². The summed E-state index contributed by atoms with van der Waals surface area (Å²) in [6.45, 7) is 3.04. The molecule has 0 bridgehead atoms.